The Balaban J connectivity index is 2.07. The molecular weight excluding hydrogens is 410 g/mol. The van der Waals surface area contributed by atoms with E-state index in [9.17, 15) is 33.6 Å². The fourth-order valence-corrected chi connectivity index (χ4v) is 4.09. The molecule has 1 aromatic carbocycles. The van der Waals surface area contributed by atoms with Gasteiger partial charge in [0.25, 0.3) is 15.9 Å². The summed E-state index contributed by atoms with van der Waals surface area (Å²) in [7, 11) is -4.59. The third-order valence-corrected chi connectivity index (χ3v) is 5.99. The number of carbonyl (C=O) groups excluding carboxylic acids is 1. The number of ether oxygens (including phenoxy) is 1. The standard InChI is InChI=1S/C16H19N3O9S/c1-7-6-10(18-28-7)19(29(25,26)9-4-2-8(17)3-5-9)15(23)14-12(21)11(20)13(22)16(24)27-14/h2-6,11-14,16,20-22,24H,17H2,1H3/t11-,12-,13+,14-,16+/m0/s1. The van der Waals surface area contributed by atoms with Crippen molar-refractivity contribution in [2.45, 2.75) is 42.5 Å². The van der Waals surface area contributed by atoms with Gasteiger partial charge >= 0.3 is 0 Å². The van der Waals surface area contributed by atoms with Crippen LogP contribution in [0.4, 0.5) is 11.5 Å². The van der Waals surface area contributed by atoms with Crippen LogP contribution in [0, 0.1) is 6.92 Å². The molecule has 12 nitrogen and oxygen atoms in total. The predicted molar refractivity (Wildman–Crippen MR) is 95.7 cm³/mol. The average molecular weight is 429 g/mol. The van der Waals surface area contributed by atoms with Crippen LogP contribution in [-0.2, 0) is 19.6 Å². The molecule has 0 unspecified atom stereocenters. The van der Waals surface area contributed by atoms with E-state index in [0.717, 1.165) is 18.2 Å². The molecule has 13 heteroatoms. The fourth-order valence-electron chi connectivity index (χ4n) is 2.73. The summed E-state index contributed by atoms with van der Waals surface area (Å²) in [6.45, 7) is 1.46. The second-order valence-electron chi connectivity index (χ2n) is 6.39. The Bertz CT molecular complexity index is 991. The van der Waals surface area contributed by atoms with Gasteiger partial charge in [0, 0.05) is 11.8 Å². The summed E-state index contributed by atoms with van der Waals surface area (Å²) in [4.78, 5) is 12.7. The lowest BCUT2D eigenvalue weighted by Gasteiger charge is -2.38. The number of benzene rings is 1. The molecule has 2 heterocycles. The molecule has 0 bridgehead atoms. The molecule has 0 radical (unpaired) electrons. The first-order valence-corrected chi connectivity index (χ1v) is 9.74. The van der Waals surface area contributed by atoms with E-state index in [2.05, 4.69) is 5.16 Å². The number of nitrogen functional groups attached to an aromatic ring is 1. The van der Waals surface area contributed by atoms with Gasteiger partial charge in [0.05, 0.1) is 4.90 Å². The summed E-state index contributed by atoms with van der Waals surface area (Å²) in [6, 6.07) is 6.08. The Morgan fingerprint density at radius 2 is 1.72 bits per heavy atom. The first-order valence-electron chi connectivity index (χ1n) is 8.30. The lowest BCUT2D eigenvalue weighted by molar-refractivity contribution is -0.274. The van der Waals surface area contributed by atoms with E-state index >= 15 is 0 Å². The molecule has 1 aliphatic heterocycles. The Morgan fingerprint density at radius 3 is 2.28 bits per heavy atom. The Morgan fingerprint density at radius 1 is 1.10 bits per heavy atom. The molecule has 0 aliphatic carbocycles. The van der Waals surface area contributed by atoms with Crippen molar-refractivity contribution >= 4 is 27.4 Å². The summed E-state index contributed by atoms with van der Waals surface area (Å²) < 4.78 is 36.2. The lowest BCUT2D eigenvalue weighted by atomic mass is 9.98. The predicted octanol–water partition coefficient (Wildman–Crippen LogP) is -1.91. The number of sulfonamides is 1. The van der Waals surface area contributed by atoms with Crippen LogP contribution in [0.3, 0.4) is 0 Å². The molecule has 5 atom stereocenters. The van der Waals surface area contributed by atoms with Gasteiger partial charge in [-0.05, 0) is 31.2 Å². The Labute approximate surface area is 164 Å². The minimum atomic E-state index is -4.59. The van der Waals surface area contributed by atoms with Gasteiger partial charge in [-0.25, -0.2) is 8.42 Å². The topological polar surface area (TPSA) is 197 Å². The van der Waals surface area contributed by atoms with Crippen LogP contribution in [0.1, 0.15) is 5.76 Å². The summed E-state index contributed by atoms with van der Waals surface area (Å²) in [6.07, 6.45) is -9.96. The highest BCUT2D eigenvalue weighted by Crippen LogP contribution is 2.29. The number of carbonyl (C=O) groups is 1. The van der Waals surface area contributed by atoms with Gasteiger partial charge in [-0.1, -0.05) is 5.16 Å². The molecule has 0 spiro atoms. The smallest absolute Gasteiger partial charge is 0.274 e. The van der Waals surface area contributed by atoms with Crippen molar-refractivity contribution in [1.82, 2.24) is 5.16 Å². The summed E-state index contributed by atoms with van der Waals surface area (Å²) in [5.74, 6) is -1.62. The number of hydrogen-bond donors (Lipinski definition) is 5. The maximum absolute atomic E-state index is 13.1. The average Bonchev–Trinajstić information content (AvgIpc) is 3.08. The molecular formula is C16H19N3O9S. The number of hydrogen-bond acceptors (Lipinski definition) is 11. The van der Waals surface area contributed by atoms with Crippen LogP contribution < -0.4 is 10.0 Å². The maximum Gasteiger partial charge on any atom is 0.274 e. The molecule has 158 valence electrons. The van der Waals surface area contributed by atoms with Gasteiger partial charge in [-0.2, -0.15) is 4.31 Å². The van der Waals surface area contributed by atoms with E-state index in [1.807, 2.05) is 0 Å². The van der Waals surface area contributed by atoms with E-state index in [4.69, 9.17) is 15.0 Å². The van der Waals surface area contributed by atoms with Crippen LogP contribution >= 0.6 is 0 Å². The number of aryl methyl sites for hydroxylation is 1. The third-order valence-electron chi connectivity index (χ3n) is 4.27. The number of aromatic nitrogens is 1. The largest absolute Gasteiger partial charge is 0.399 e. The molecule has 2 aromatic rings. The fraction of sp³-hybridized carbons (Fsp3) is 0.375. The number of amides is 1. The van der Waals surface area contributed by atoms with E-state index in [1.165, 1.54) is 19.1 Å². The van der Waals surface area contributed by atoms with Crippen molar-refractivity contribution in [1.29, 1.82) is 0 Å². The van der Waals surface area contributed by atoms with E-state index in [-0.39, 0.29) is 20.6 Å². The number of nitrogens with two attached hydrogens (primary N) is 1. The SMILES string of the molecule is Cc1cc(N(C(=O)[C@H]2O[C@@H](O)[C@H](O)[C@@H](O)[C@@H]2O)S(=O)(=O)c2ccc(N)cc2)no1. The highest BCUT2D eigenvalue weighted by molar-refractivity contribution is 7.93. The second kappa shape index (κ2) is 7.70. The molecule has 1 aromatic heterocycles. The third kappa shape index (κ3) is 3.83. The lowest BCUT2D eigenvalue weighted by Crippen LogP contribution is -2.62. The molecule has 1 amide bonds. The highest BCUT2D eigenvalue weighted by atomic mass is 32.2. The normalized spacial score (nSPS) is 27.6. The molecule has 3 rings (SSSR count). The zero-order valence-corrected chi connectivity index (χ0v) is 15.8. The van der Waals surface area contributed by atoms with Crippen molar-refractivity contribution < 1.29 is 42.9 Å². The van der Waals surface area contributed by atoms with Gasteiger partial charge in [0.2, 0.25) is 0 Å². The number of nitrogens with zero attached hydrogens (tertiary/aromatic N) is 2. The van der Waals surface area contributed by atoms with Gasteiger partial charge < -0.3 is 35.4 Å². The van der Waals surface area contributed by atoms with E-state index in [0.29, 0.717) is 0 Å². The number of aliphatic hydroxyl groups is 4. The van der Waals surface area contributed by atoms with Crippen molar-refractivity contribution in [3.63, 3.8) is 0 Å². The highest BCUT2D eigenvalue weighted by Gasteiger charge is 2.50. The Kier molecular flexibility index (Phi) is 5.62. The Hall–Kier alpha value is -2.55. The van der Waals surface area contributed by atoms with Crippen LogP contribution in [0.25, 0.3) is 0 Å². The van der Waals surface area contributed by atoms with Gasteiger partial charge in [0.1, 0.15) is 24.1 Å². The zero-order valence-electron chi connectivity index (χ0n) is 15.0. The quantitative estimate of drug-likeness (QED) is 0.340. The minimum absolute atomic E-state index is 0.186. The van der Waals surface area contributed by atoms with Crippen LogP contribution in [0.5, 0.6) is 0 Å². The first-order chi connectivity index (χ1) is 13.5. The van der Waals surface area contributed by atoms with Crippen molar-refractivity contribution in [2.75, 3.05) is 10.0 Å². The molecule has 1 fully saturated rings. The van der Waals surface area contributed by atoms with E-state index < -0.39 is 52.5 Å². The van der Waals surface area contributed by atoms with E-state index in [1.54, 1.807) is 0 Å². The monoisotopic (exact) mass is 429 g/mol. The van der Waals surface area contributed by atoms with Gasteiger partial charge in [-0.15, -0.1) is 0 Å². The zero-order chi connectivity index (χ0) is 21.5. The second-order valence-corrected chi connectivity index (χ2v) is 8.18. The molecule has 1 saturated heterocycles. The molecule has 29 heavy (non-hydrogen) atoms. The maximum atomic E-state index is 13.1. The van der Waals surface area contributed by atoms with Crippen molar-refractivity contribution in [2.24, 2.45) is 0 Å². The summed E-state index contributed by atoms with van der Waals surface area (Å²) in [5, 5.41) is 42.7. The molecule has 1 aliphatic rings. The molecule has 0 saturated carbocycles. The number of aliphatic hydroxyl groups excluding tert-OH is 4. The number of rotatable bonds is 4. The van der Waals surface area contributed by atoms with Crippen LogP contribution in [0.15, 0.2) is 39.8 Å². The van der Waals surface area contributed by atoms with Crippen LogP contribution in [0.2, 0.25) is 0 Å². The summed E-state index contributed by atoms with van der Waals surface area (Å²) in [5.41, 5.74) is 5.85. The van der Waals surface area contributed by atoms with Crippen molar-refractivity contribution in [3.05, 3.63) is 36.1 Å². The summed E-state index contributed by atoms with van der Waals surface area (Å²) >= 11 is 0. The van der Waals surface area contributed by atoms with Crippen LogP contribution in [-0.4, -0.2) is 70.6 Å². The van der Waals surface area contributed by atoms with Crippen molar-refractivity contribution in [3.8, 4) is 0 Å². The first kappa shape index (κ1) is 21.2. The van der Waals surface area contributed by atoms with Gasteiger partial charge in [-0.3, -0.25) is 4.79 Å². The van der Waals surface area contributed by atoms with Gasteiger partial charge in [0.15, 0.2) is 18.2 Å². The molecule has 6 N–H and O–H groups in total. The number of anilines is 2. The minimum Gasteiger partial charge on any atom is -0.399 e.